The first kappa shape index (κ1) is 19.6. The molecule has 3 rings (SSSR count). The van der Waals surface area contributed by atoms with Crippen LogP contribution in [0.3, 0.4) is 0 Å². The lowest BCUT2D eigenvalue weighted by molar-refractivity contribution is 0.0941. The van der Waals surface area contributed by atoms with Crippen LogP contribution in [0.4, 0.5) is 10.1 Å². The third-order valence-electron chi connectivity index (χ3n) is 4.17. The molecule has 0 radical (unpaired) electrons. The quantitative estimate of drug-likeness (QED) is 0.656. The van der Waals surface area contributed by atoms with E-state index in [1.54, 1.807) is 12.1 Å². The van der Waals surface area contributed by atoms with Crippen molar-refractivity contribution in [3.05, 3.63) is 95.8 Å². The number of hydrogen-bond acceptors (Lipinski definition) is 3. The monoisotopic (exact) mass is 398 g/mol. The number of hydrogen-bond donors (Lipinski definition) is 2. The Morgan fingerprint density at radius 1 is 0.929 bits per heavy atom. The van der Waals surface area contributed by atoms with Gasteiger partial charge in [-0.15, -0.1) is 0 Å². The van der Waals surface area contributed by atoms with Crippen LogP contribution in [0.5, 0.6) is 0 Å². The van der Waals surface area contributed by atoms with Gasteiger partial charge in [0.15, 0.2) is 0 Å². The SMILES string of the molecule is C[C@@H](NC(=O)c1ccccc1NS(=O)(=O)c1cccc(F)c1)c1ccccc1. The van der Waals surface area contributed by atoms with Gasteiger partial charge >= 0.3 is 0 Å². The molecule has 0 saturated heterocycles. The van der Waals surface area contributed by atoms with Crippen LogP contribution in [-0.4, -0.2) is 14.3 Å². The van der Waals surface area contributed by atoms with Crippen LogP contribution >= 0.6 is 0 Å². The predicted molar refractivity (Wildman–Crippen MR) is 106 cm³/mol. The summed E-state index contributed by atoms with van der Waals surface area (Å²) >= 11 is 0. The standard InChI is InChI=1S/C21H19FN2O3S/c1-15(16-8-3-2-4-9-16)23-21(25)19-12-5-6-13-20(19)24-28(26,27)18-11-7-10-17(22)14-18/h2-15,24H,1H3,(H,23,25)/t15-/m1/s1. The van der Waals surface area contributed by atoms with Gasteiger partial charge < -0.3 is 5.32 Å². The van der Waals surface area contributed by atoms with E-state index in [1.807, 2.05) is 37.3 Å². The molecule has 0 unspecified atom stereocenters. The Morgan fingerprint density at radius 3 is 2.32 bits per heavy atom. The van der Waals surface area contributed by atoms with Gasteiger partial charge in [-0.2, -0.15) is 0 Å². The van der Waals surface area contributed by atoms with E-state index < -0.39 is 21.7 Å². The van der Waals surface area contributed by atoms with Crippen LogP contribution in [-0.2, 0) is 10.0 Å². The largest absolute Gasteiger partial charge is 0.345 e. The molecule has 1 amide bonds. The lowest BCUT2D eigenvalue weighted by Gasteiger charge is -2.17. The number of para-hydroxylation sites is 1. The highest BCUT2D eigenvalue weighted by molar-refractivity contribution is 7.92. The summed E-state index contributed by atoms with van der Waals surface area (Å²) in [7, 11) is -4.04. The summed E-state index contributed by atoms with van der Waals surface area (Å²) in [5.74, 6) is -1.08. The average Bonchev–Trinajstić information content (AvgIpc) is 2.68. The number of sulfonamides is 1. The van der Waals surface area contributed by atoms with Gasteiger partial charge in [0.1, 0.15) is 5.82 Å². The first-order valence-corrected chi connectivity index (χ1v) is 10.1. The molecule has 0 aromatic heterocycles. The summed E-state index contributed by atoms with van der Waals surface area (Å²) in [6.45, 7) is 1.84. The first-order valence-electron chi connectivity index (χ1n) is 8.60. The Labute approximate surface area is 163 Å². The Morgan fingerprint density at radius 2 is 1.61 bits per heavy atom. The first-order chi connectivity index (χ1) is 13.4. The van der Waals surface area contributed by atoms with Crippen molar-refractivity contribution in [1.82, 2.24) is 5.32 Å². The molecule has 0 saturated carbocycles. The molecular weight excluding hydrogens is 379 g/mol. The van der Waals surface area contributed by atoms with E-state index in [4.69, 9.17) is 0 Å². The molecule has 5 nitrogen and oxygen atoms in total. The Hall–Kier alpha value is -3.19. The molecule has 28 heavy (non-hydrogen) atoms. The van der Waals surface area contributed by atoms with Crippen LogP contribution in [0, 0.1) is 5.82 Å². The minimum absolute atomic E-state index is 0.115. The predicted octanol–water partition coefficient (Wildman–Crippen LogP) is 4.12. The number of amides is 1. The molecular formula is C21H19FN2O3S. The highest BCUT2D eigenvalue weighted by Gasteiger charge is 2.20. The molecule has 7 heteroatoms. The van der Waals surface area contributed by atoms with Crippen molar-refractivity contribution in [3.63, 3.8) is 0 Å². The van der Waals surface area contributed by atoms with Crippen LogP contribution in [0.1, 0.15) is 28.9 Å². The summed E-state index contributed by atoms with van der Waals surface area (Å²) < 4.78 is 40.9. The number of halogens is 1. The summed E-state index contributed by atoms with van der Waals surface area (Å²) in [5, 5.41) is 2.85. The number of carbonyl (C=O) groups excluding carboxylic acids is 1. The lowest BCUT2D eigenvalue weighted by Crippen LogP contribution is -2.28. The van der Waals surface area contributed by atoms with Crippen molar-refractivity contribution in [1.29, 1.82) is 0 Å². The van der Waals surface area contributed by atoms with E-state index >= 15 is 0 Å². The topological polar surface area (TPSA) is 75.3 Å². The Kier molecular flexibility index (Phi) is 5.75. The normalized spacial score (nSPS) is 12.2. The van der Waals surface area contributed by atoms with Gasteiger partial charge in [-0.05, 0) is 42.8 Å². The van der Waals surface area contributed by atoms with Crippen LogP contribution in [0.2, 0.25) is 0 Å². The van der Waals surface area contributed by atoms with E-state index in [0.717, 1.165) is 17.7 Å². The van der Waals surface area contributed by atoms with Gasteiger partial charge in [0, 0.05) is 0 Å². The van der Waals surface area contributed by atoms with Gasteiger partial charge in [-0.25, -0.2) is 12.8 Å². The van der Waals surface area contributed by atoms with Crippen molar-refractivity contribution in [2.24, 2.45) is 0 Å². The van der Waals surface area contributed by atoms with Gasteiger partial charge in [-0.3, -0.25) is 9.52 Å². The number of nitrogens with one attached hydrogen (secondary N) is 2. The molecule has 2 N–H and O–H groups in total. The number of carbonyl (C=O) groups is 1. The highest BCUT2D eigenvalue weighted by Crippen LogP contribution is 2.22. The number of benzene rings is 3. The van der Waals surface area contributed by atoms with Gasteiger partial charge in [0.25, 0.3) is 15.9 Å². The molecule has 0 heterocycles. The van der Waals surface area contributed by atoms with E-state index in [1.165, 1.54) is 24.3 Å². The molecule has 0 spiro atoms. The lowest BCUT2D eigenvalue weighted by atomic mass is 10.1. The molecule has 144 valence electrons. The van der Waals surface area contributed by atoms with Crippen LogP contribution < -0.4 is 10.0 Å². The smallest absolute Gasteiger partial charge is 0.262 e. The van der Waals surface area contributed by atoms with E-state index in [9.17, 15) is 17.6 Å². The second kappa shape index (κ2) is 8.22. The summed E-state index contributed by atoms with van der Waals surface area (Å²) in [6, 6.07) is 20.1. The van der Waals surface area contributed by atoms with Crippen LogP contribution in [0.15, 0.2) is 83.8 Å². The summed E-state index contributed by atoms with van der Waals surface area (Å²) in [5.41, 5.74) is 1.21. The number of anilines is 1. The maximum absolute atomic E-state index is 13.4. The molecule has 3 aromatic rings. The van der Waals surface area contributed by atoms with E-state index in [2.05, 4.69) is 10.0 Å². The van der Waals surface area contributed by atoms with Crippen molar-refractivity contribution in [2.75, 3.05) is 4.72 Å². The van der Waals surface area contributed by atoms with Gasteiger partial charge in [0.2, 0.25) is 0 Å². The fourth-order valence-corrected chi connectivity index (χ4v) is 3.82. The zero-order valence-corrected chi connectivity index (χ0v) is 15.9. The van der Waals surface area contributed by atoms with Crippen molar-refractivity contribution in [2.45, 2.75) is 17.9 Å². The van der Waals surface area contributed by atoms with Crippen molar-refractivity contribution >= 4 is 21.6 Å². The minimum Gasteiger partial charge on any atom is -0.345 e. The minimum atomic E-state index is -4.04. The maximum atomic E-state index is 13.4. The Balaban J connectivity index is 1.84. The molecule has 0 bridgehead atoms. The summed E-state index contributed by atoms with van der Waals surface area (Å²) in [6.07, 6.45) is 0. The zero-order chi connectivity index (χ0) is 20.1. The highest BCUT2D eigenvalue weighted by atomic mass is 32.2. The van der Waals surface area contributed by atoms with Crippen LogP contribution in [0.25, 0.3) is 0 Å². The van der Waals surface area contributed by atoms with E-state index in [-0.39, 0.29) is 22.2 Å². The molecule has 0 aliphatic carbocycles. The maximum Gasteiger partial charge on any atom is 0.262 e. The zero-order valence-electron chi connectivity index (χ0n) is 15.1. The molecule has 3 aromatic carbocycles. The van der Waals surface area contributed by atoms with Crippen molar-refractivity contribution in [3.8, 4) is 0 Å². The Bertz CT molecular complexity index is 1090. The second-order valence-corrected chi connectivity index (χ2v) is 7.90. The third-order valence-corrected chi connectivity index (χ3v) is 5.53. The third kappa shape index (κ3) is 4.55. The molecule has 0 aliphatic rings. The molecule has 0 aliphatic heterocycles. The van der Waals surface area contributed by atoms with Gasteiger partial charge in [0.05, 0.1) is 22.2 Å². The number of rotatable bonds is 6. The fourth-order valence-electron chi connectivity index (χ4n) is 2.71. The van der Waals surface area contributed by atoms with Gasteiger partial charge in [-0.1, -0.05) is 48.5 Å². The van der Waals surface area contributed by atoms with Crippen molar-refractivity contribution < 1.29 is 17.6 Å². The fraction of sp³-hybridized carbons (Fsp3) is 0.0952. The van der Waals surface area contributed by atoms with E-state index in [0.29, 0.717) is 0 Å². The molecule has 1 atom stereocenters. The average molecular weight is 398 g/mol. The summed E-state index contributed by atoms with van der Waals surface area (Å²) in [4.78, 5) is 12.5. The molecule has 0 fully saturated rings. The second-order valence-electron chi connectivity index (χ2n) is 6.21.